The number of amides is 5. The Morgan fingerprint density at radius 1 is 0.957 bits per heavy atom. The zero-order chi connectivity index (χ0) is 33.5. The van der Waals surface area contributed by atoms with Gasteiger partial charge in [-0.3, -0.25) is 24.2 Å². The van der Waals surface area contributed by atoms with Gasteiger partial charge in [-0.2, -0.15) is 0 Å². The molecular weight excluding hydrogens is 603 g/mol. The van der Waals surface area contributed by atoms with Gasteiger partial charge < -0.3 is 15.7 Å². The summed E-state index contributed by atoms with van der Waals surface area (Å²) in [6.45, 7) is 1.78. The summed E-state index contributed by atoms with van der Waals surface area (Å²) < 4.78 is 13.4. The Morgan fingerprint density at radius 3 is 2.34 bits per heavy atom. The minimum atomic E-state index is -2.21. The van der Waals surface area contributed by atoms with Crippen LogP contribution < -0.4 is 15.5 Å². The number of carbonyl (C=O) groups is 5. The highest BCUT2D eigenvalue weighted by Gasteiger charge is 2.35. The number of carboxylic acid groups (broad SMARTS) is 1. The number of hydrogen-bond acceptors (Lipinski definition) is 5. The number of nitrogens with zero attached hydrogens (tertiary/aromatic N) is 2. The van der Waals surface area contributed by atoms with Gasteiger partial charge in [-0.1, -0.05) is 43.7 Å². The Morgan fingerprint density at radius 2 is 1.68 bits per heavy atom. The van der Waals surface area contributed by atoms with Crippen LogP contribution in [0, 0.1) is 0 Å². The van der Waals surface area contributed by atoms with Crippen LogP contribution in [0.4, 0.5) is 20.6 Å². The topological polar surface area (TPSA) is 136 Å². The number of benzene rings is 3. The lowest BCUT2D eigenvalue weighted by atomic mass is 9.93. The predicted molar refractivity (Wildman–Crippen MR) is 176 cm³/mol. The minimum absolute atomic E-state index is 0.120. The number of aliphatic carboxylic acids is 1. The molecule has 3 aromatic rings. The molecule has 1 unspecified atom stereocenters. The molecule has 3 aromatic carbocycles. The molecule has 1 atom stereocenters. The van der Waals surface area contributed by atoms with Crippen molar-refractivity contribution in [1.29, 1.82) is 0 Å². The van der Waals surface area contributed by atoms with E-state index < -0.39 is 30.6 Å². The van der Waals surface area contributed by atoms with Crippen LogP contribution in [0.3, 0.4) is 0 Å². The van der Waals surface area contributed by atoms with Gasteiger partial charge >= 0.3 is 12.0 Å². The second kappa shape index (κ2) is 14.8. The molecule has 0 fully saturated rings. The Labute approximate surface area is 272 Å². The van der Waals surface area contributed by atoms with Gasteiger partial charge in [-0.15, -0.1) is 0 Å². The zero-order valence-electron chi connectivity index (χ0n) is 26.1. The van der Waals surface area contributed by atoms with E-state index in [4.69, 9.17) is 5.11 Å². The number of carboxylic acids is 1. The van der Waals surface area contributed by atoms with Crippen LogP contribution in [-0.2, 0) is 11.3 Å². The van der Waals surface area contributed by atoms with Gasteiger partial charge in [0.1, 0.15) is 0 Å². The maximum Gasteiger partial charge on any atom is 0.340 e. The quantitative estimate of drug-likeness (QED) is 0.195. The number of rotatable bonds is 12. The third-order valence-corrected chi connectivity index (χ3v) is 8.31. The monoisotopic (exact) mass is 640 g/mol. The molecule has 5 rings (SSSR count). The molecule has 1 heterocycles. The van der Waals surface area contributed by atoms with E-state index in [-0.39, 0.29) is 29.5 Å². The second-order valence-corrected chi connectivity index (χ2v) is 11.6. The van der Waals surface area contributed by atoms with E-state index in [1.165, 1.54) is 40.0 Å². The molecule has 1 aliphatic carbocycles. The summed E-state index contributed by atoms with van der Waals surface area (Å²) in [5, 5.41) is 13.8. The van der Waals surface area contributed by atoms with Crippen molar-refractivity contribution >= 4 is 46.7 Å². The van der Waals surface area contributed by atoms with E-state index in [2.05, 4.69) is 16.7 Å². The molecule has 47 heavy (non-hydrogen) atoms. The summed E-state index contributed by atoms with van der Waals surface area (Å²) in [6.07, 6.45) is 5.93. The van der Waals surface area contributed by atoms with E-state index >= 15 is 0 Å². The number of halogens is 1. The number of anilines is 2. The Balaban J connectivity index is 1.36. The predicted octanol–water partition coefficient (Wildman–Crippen LogP) is 6.43. The SMILES string of the molecule is CCCCN1C(=O)c2ccc(NC(=O)N(Cc3ccc(C(=O)NCC(F)C(=O)O)cc3)c3ccc(C4=CCCCC4)cc3)cc2C1=O. The first-order valence-corrected chi connectivity index (χ1v) is 15.8. The Kier molecular flexibility index (Phi) is 10.4. The fourth-order valence-corrected chi connectivity index (χ4v) is 5.63. The molecule has 0 saturated carbocycles. The molecule has 0 bridgehead atoms. The van der Waals surface area contributed by atoms with E-state index in [1.807, 2.05) is 31.2 Å². The molecule has 5 amide bonds. The molecule has 1 aliphatic heterocycles. The van der Waals surface area contributed by atoms with E-state index in [0.717, 1.165) is 31.2 Å². The largest absolute Gasteiger partial charge is 0.479 e. The van der Waals surface area contributed by atoms with Crippen LogP contribution in [-0.4, -0.2) is 59.0 Å². The van der Waals surface area contributed by atoms with Crippen LogP contribution in [0.5, 0.6) is 0 Å². The number of imide groups is 1. The molecule has 3 N–H and O–H groups in total. The summed E-state index contributed by atoms with van der Waals surface area (Å²) in [5.74, 6) is -3.00. The zero-order valence-corrected chi connectivity index (χ0v) is 26.1. The number of urea groups is 1. The first-order valence-electron chi connectivity index (χ1n) is 15.8. The van der Waals surface area contributed by atoms with Gasteiger partial charge in [0.25, 0.3) is 17.7 Å². The molecule has 244 valence electrons. The van der Waals surface area contributed by atoms with Crippen molar-refractivity contribution in [2.24, 2.45) is 0 Å². The average molecular weight is 641 g/mol. The molecule has 11 heteroatoms. The molecule has 10 nitrogen and oxygen atoms in total. The molecule has 0 spiro atoms. The van der Waals surface area contributed by atoms with Crippen LogP contribution in [0.1, 0.15) is 87.6 Å². The van der Waals surface area contributed by atoms with Gasteiger partial charge in [-0.25, -0.2) is 14.0 Å². The third kappa shape index (κ3) is 7.74. The molecule has 0 saturated heterocycles. The number of unbranched alkanes of at least 4 members (excludes halogenated alkanes) is 1. The fourth-order valence-electron chi connectivity index (χ4n) is 5.63. The molecule has 0 radical (unpaired) electrons. The first-order chi connectivity index (χ1) is 22.7. The van der Waals surface area contributed by atoms with Crippen molar-refractivity contribution in [1.82, 2.24) is 10.2 Å². The number of allylic oxidation sites excluding steroid dienone is 2. The summed E-state index contributed by atoms with van der Waals surface area (Å²) in [4.78, 5) is 65.5. The number of alkyl halides is 1. The van der Waals surface area contributed by atoms with Gasteiger partial charge in [0.15, 0.2) is 0 Å². The fraction of sp³-hybridized carbons (Fsp3) is 0.306. The van der Waals surface area contributed by atoms with Crippen LogP contribution in [0.25, 0.3) is 5.57 Å². The molecule has 0 aromatic heterocycles. The average Bonchev–Trinajstić information content (AvgIpc) is 3.33. The molecular formula is C36H37FN4O6. The maximum atomic E-state index is 13.8. The van der Waals surface area contributed by atoms with Crippen LogP contribution in [0.15, 0.2) is 72.8 Å². The van der Waals surface area contributed by atoms with Crippen molar-refractivity contribution in [3.63, 3.8) is 0 Å². The van der Waals surface area contributed by atoms with Crippen LogP contribution >= 0.6 is 0 Å². The summed E-state index contributed by atoms with van der Waals surface area (Å²) >= 11 is 0. The first kappa shape index (κ1) is 33.1. The van der Waals surface area contributed by atoms with Crippen molar-refractivity contribution in [3.8, 4) is 0 Å². The third-order valence-electron chi connectivity index (χ3n) is 8.31. The minimum Gasteiger partial charge on any atom is -0.479 e. The van der Waals surface area contributed by atoms with Crippen molar-refractivity contribution in [3.05, 3.63) is 101 Å². The van der Waals surface area contributed by atoms with Gasteiger partial charge in [-0.05, 0) is 91.3 Å². The Bertz CT molecular complexity index is 1700. The van der Waals surface area contributed by atoms with Crippen molar-refractivity contribution < 1.29 is 33.5 Å². The number of fused-ring (bicyclic) bond motifs is 1. The smallest absolute Gasteiger partial charge is 0.340 e. The van der Waals surface area contributed by atoms with E-state index in [9.17, 15) is 28.4 Å². The standard InChI is InChI=1S/C36H37FN4O6/c1-2-3-19-40-33(43)29-18-15-27(20-30(29)34(40)44)39-36(47)41(28-16-13-25(14-17-28)24-7-5-4-6-8-24)22-23-9-11-26(12-10-23)32(42)38-21-31(37)35(45)46/h7,9-18,20,31H,2-6,8,19,21-22H2,1H3,(H,38,42)(H,39,47)(H,45,46). The lowest BCUT2D eigenvalue weighted by molar-refractivity contribution is -0.142. The number of carbonyl (C=O) groups excluding carboxylic acids is 4. The number of nitrogens with one attached hydrogen (secondary N) is 2. The highest BCUT2D eigenvalue weighted by atomic mass is 19.1. The lowest BCUT2D eigenvalue weighted by Gasteiger charge is -2.24. The lowest BCUT2D eigenvalue weighted by Crippen LogP contribution is -2.35. The van der Waals surface area contributed by atoms with E-state index in [0.29, 0.717) is 35.5 Å². The highest BCUT2D eigenvalue weighted by Crippen LogP contribution is 2.30. The van der Waals surface area contributed by atoms with Crippen molar-refractivity contribution in [2.75, 3.05) is 23.3 Å². The maximum absolute atomic E-state index is 13.8. The summed E-state index contributed by atoms with van der Waals surface area (Å²) in [6, 6.07) is 18.3. The summed E-state index contributed by atoms with van der Waals surface area (Å²) in [5.41, 5.74) is 4.80. The van der Waals surface area contributed by atoms with Gasteiger partial charge in [0, 0.05) is 23.5 Å². The van der Waals surface area contributed by atoms with Gasteiger partial charge in [0.05, 0.1) is 24.2 Å². The van der Waals surface area contributed by atoms with Crippen LogP contribution in [0.2, 0.25) is 0 Å². The Hall–Kier alpha value is -5.32. The second-order valence-electron chi connectivity index (χ2n) is 11.6. The summed E-state index contributed by atoms with van der Waals surface area (Å²) in [7, 11) is 0. The highest BCUT2D eigenvalue weighted by molar-refractivity contribution is 6.22. The van der Waals surface area contributed by atoms with Crippen molar-refractivity contribution in [2.45, 2.75) is 58.2 Å². The number of hydrogen-bond donors (Lipinski definition) is 3. The molecule has 2 aliphatic rings. The normalized spacial score (nSPS) is 14.7. The van der Waals surface area contributed by atoms with E-state index in [1.54, 1.807) is 24.3 Å². The van der Waals surface area contributed by atoms with Gasteiger partial charge in [0.2, 0.25) is 6.17 Å².